The number of nitrogens with zero attached hydrogens (tertiary/aromatic N) is 5. The van der Waals surface area contributed by atoms with Crippen LogP contribution in [0.25, 0.3) is 22.8 Å². The Labute approximate surface area is 135 Å². The van der Waals surface area contributed by atoms with Crippen molar-refractivity contribution in [2.45, 2.75) is 6.54 Å². The Balaban J connectivity index is 2.06. The number of aliphatic carboxylic acids is 1. The third-order valence-corrected chi connectivity index (χ3v) is 3.23. The molecule has 0 saturated heterocycles. The monoisotopic (exact) mass is 325 g/mol. The van der Waals surface area contributed by atoms with Crippen molar-refractivity contribution in [3.8, 4) is 22.8 Å². The van der Waals surface area contributed by atoms with E-state index in [0.29, 0.717) is 22.8 Å². The van der Waals surface area contributed by atoms with E-state index in [2.05, 4.69) is 15.1 Å². The molecule has 9 heteroatoms. The number of aromatic nitrogens is 4. The van der Waals surface area contributed by atoms with Crippen molar-refractivity contribution < 1.29 is 14.8 Å². The Bertz CT molecular complexity index is 890. The first kappa shape index (κ1) is 15.3. The van der Waals surface area contributed by atoms with Gasteiger partial charge in [0.05, 0.1) is 4.92 Å². The third-order valence-electron chi connectivity index (χ3n) is 3.23. The van der Waals surface area contributed by atoms with Crippen LogP contribution in [0, 0.1) is 10.1 Å². The molecule has 120 valence electrons. The normalized spacial score (nSPS) is 10.5. The summed E-state index contributed by atoms with van der Waals surface area (Å²) in [7, 11) is 0. The molecule has 0 unspecified atom stereocenters. The van der Waals surface area contributed by atoms with Gasteiger partial charge in [-0.25, -0.2) is 9.67 Å². The number of carboxylic acids is 1. The van der Waals surface area contributed by atoms with E-state index in [9.17, 15) is 14.9 Å². The molecule has 0 bridgehead atoms. The van der Waals surface area contributed by atoms with Gasteiger partial charge in [-0.05, 0) is 24.3 Å². The molecule has 0 aliphatic carbocycles. The molecule has 1 aromatic carbocycles. The van der Waals surface area contributed by atoms with Crippen LogP contribution in [0.2, 0.25) is 0 Å². The number of nitro benzene ring substituents is 1. The Kier molecular flexibility index (Phi) is 3.98. The van der Waals surface area contributed by atoms with Crippen LogP contribution in [-0.2, 0) is 11.3 Å². The van der Waals surface area contributed by atoms with Crippen molar-refractivity contribution in [2.24, 2.45) is 0 Å². The maximum Gasteiger partial charge on any atom is 0.325 e. The fourth-order valence-corrected chi connectivity index (χ4v) is 2.15. The lowest BCUT2D eigenvalue weighted by Gasteiger charge is -2.02. The van der Waals surface area contributed by atoms with Gasteiger partial charge < -0.3 is 5.11 Å². The summed E-state index contributed by atoms with van der Waals surface area (Å²) in [6, 6.07) is 9.11. The average Bonchev–Trinajstić information content (AvgIpc) is 2.99. The second-order valence-corrected chi connectivity index (χ2v) is 4.85. The van der Waals surface area contributed by atoms with Gasteiger partial charge in [0.2, 0.25) is 0 Å². The van der Waals surface area contributed by atoms with Crippen LogP contribution in [0.1, 0.15) is 0 Å². The SMILES string of the molecule is O=C(O)Cn1nc(-c2ccncc2)nc1-c1ccc([N+](=O)[O-])cc1. The van der Waals surface area contributed by atoms with Crippen LogP contribution in [0.15, 0.2) is 48.8 Å². The first-order valence-electron chi connectivity index (χ1n) is 6.86. The van der Waals surface area contributed by atoms with Crippen molar-refractivity contribution in [1.29, 1.82) is 0 Å². The lowest BCUT2D eigenvalue weighted by Crippen LogP contribution is -2.11. The predicted molar refractivity (Wildman–Crippen MR) is 83.0 cm³/mol. The molecule has 1 N–H and O–H groups in total. The minimum Gasteiger partial charge on any atom is -0.480 e. The number of benzene rings is 1. The smallest absolute Gasteiger partial charge is 0.325 e. The van der Waals surface area contributed by atoms with Crippen LogP contribution in [0.4, 0.5) is 5.69 Å². The van der Waals surface area contributed by atoms with Gasteiger partial charge in [0.1, 0.15) is 6.54 Å². The van der Waals surface area contributed by atoms with Gasteiger partial charge in [-0.3, -0.25) is 19.9 Å². The van der Waals surface area contributed by atoms with Crippen molar-refractivity contribution in [1.82, 2.24) is 19.7 Å². The second kappa shape index (κ2) is 6.24. The van der Waals surface area contributed by atoms with E-state index in [-0.39, 0.29) is 12.2 Å². The highest BCUT2D eigenvalue weighted by molar-refractivity contribution is 5.69. The van der Waals surface area contributed by atoms with Crippen LogP contribution in [0.3, 0.4) is 0 Å². The third kappa shape index (κ3) is 3.09. The summed E-state index contributed by atoms with van der Waals surface area (Å²) < 4.78 is 1.25. The fourth-order valence-electron chi connectivity index (χ4n) is 2.15. The molecule has 24 heavy (non-hydrogen) atoms. The van der Waals surface area contributed by atoms with Crippen LogP contribution < -0.4 is 0 Å². The van der Waals surface area contributed by atoms with E-state index in [1.165, 1.54) is 28.9 Å². The van der Waals surface area contributed by atoms with E-state index in [1.807, 2.05) is 0 Å². The Morgan fingerprint density at radius 3 is 2.38 bits per heavy atom. The highest BCUT2D eigenvalue weighted by Gasteiger charge is 2.16. The summed E-state index contributed by atoms with van der Waals surface area (Å²) in [5.74, 6) is -0.393. The van der Waals surface area contributed by atoms with E-state index in [0.717, 1.165) is 0 Å². The summed E-state index contributed by atoms with van der Waals surface area (Å²) in [6.45, 7) is -0.371. The molecule has 0 radical (unpaired) electrons. The Morgan fingerprint density at radius 2 is 1.79 bits per heavy atom. The molecule has 3 rings (SSSR count). The van der Waals surface area contributed by atoms with Gasteiger partial charge in [-0.2, -0.15) is 0 Å². The molecule has 0 atom stereocenters. The number of hydrogen-bond donors (Lipinski definition) is 1. The Morgan fingerprint density at radius 1 is 1.12 bits per heavy atom. The number of nitro groups is 1. The molecule has 0 fully saturated rings. The molecule has 2 heterocycles. The second-order valence-electron chi connectivity index (χ2n) is 4.85. The highest BCUT2D eigenvalue weighted by Crippen LogP contribution is 2.24. The average molecular weight is 325 g/mol. The molecule has 0 amide bonds. The van der Waals surface area contributed by atoms with E-state index in [4.69, 9.17) is 5.11 Å². The molecular weight excluding hydrogens is 314 g/mol. The largest absolute Gasteiger partial charge is 0.480 e. The van der Waals surface area contributed by atoms with Gasteiger partial charge in [-0.15, -0.1) is 5.10 Å². The van der Waals surface area contributed by atoms with Crippen molar-refractivity contribution in [3.05, 3.63) is 58.9 Å². The quantitative estimate of drug-likeness (QED) is 0.562. The molecule has 0 spiro atoms. The maximum atomic E-state index is 11.1. The van der Waals surface area contributed by atoms with Crippen LogP contribution in [-0.4, -0.2) is 35.7 Å². The van der Waals surface area contributed by atoms with Gasteiger partial charge in [-0.1, -0.05) is 0 Å². The highest BCUT2D eigenvalue weighted by atomic mass is 16.6. The number of carbonyl (C=O) groups is 1. The zero-order chi connectivity index (χ0) is 17.1. The molecule has 2 aromatic heterocycles. The van der Waals surface area contributed by atoms with Gasteiger partial charge >= 0.3 is 5.97 Å². The number of non-ortho nitro benzene ring substituents is 1. The molecular formula is C15H11N5O4. The van der Waals surface area contributed by atoms with E-state index in [1.54, 1.807) is 24.5 Å². The maximum absolute atomic E-state index is 11.1. The first-order chi connectivity index (χ1) is 11.5. The van der Waals surface area contributed by atoms with Crippen molar-refractivity contribution in [2.75, 3.05) is 0 Å². The summed E-state index contributed by atoms with van der Waals surface area (Å²) in [4.78, 5) is 29.6. The molecule has 0 aliphatic rings. The number of carboxylic acid groups (broad SMARTS) is 1. The lowest BCUT2D eigenvalue weighted by molar-refractivity contribution is -0.384. The molecule has 0 saturated carbocycles. The minimum absolute atomic E-state index is 0.0580. The van der Waals surface area contributed by atoms with Gasteiger partial charge in [0, 0.05) is 35.7 Å². The number of rotatable bonds is 5. The van der Waals surface area contributed by atoms with E-state index >= 15 is 0 Å². The Hall–Kier alpha value is -3.62. The van der Waals surface area contributed by atoms with Crippen LogP contribution >= 0.6 is 0 Å². The fraction of sp³-hybridized carbons (Fsp3) is 0.0667. The van der Waals surface area contributed by atoms with Gasteiger partial charge in [0.15, 0.2) is 11.6 Å². The summed E-state index contributed by atoms with van der Waals surface area (Å²) in [5.41, 5.74) is 1.17. The number of hydrogen-bond acceptors (Lipinski definition) is 6. The topological polar surface area (TPSA) is 124 Å². The molecule has 3 aromatic rings. The summed E-state index contributed by atoms with van der Waals surface area (Å²) in [6.07, 6.45) is 3.16. The van der Waals surface area contributed by atoms with Gasteiger partial charge in [0.25, 0.3) is 5.69 Å². The van der Waals surface area contributed by atoms with Crippen molar-refractivity contribution in [3.63, 3.8) is 0 Å². The van der Waals surface area contributed by atoms with Crippen LogP contribution in [0.5, 0.6) is 0 Å². The van der Waals surface area contributed by atoms with E-state index < -0.39 is 10.9 Å². The minimum atomic E-state index is -1.07. The zero-order valence-electron chi connectivity index (χ0n) is 12.2. The number of pyridine rings is 1. The van der Waals surface area contributed by atoms with Crippen molar-refractivity contribution >= 4 is 11.7 Å². The lowest BCUT2D eigenvalue weighted by atomic mass is 10.2. The first-order valence-corrected chi connectivity index (χ1v) is 6.86. The zero-order valence-corrected chi connectivity index (χ0v) is 12.2. The molecule has 0 aliphatic heterocycles. The standard InChI is InChI=1S/C15H11N5O4/c21-13(22)9-19-15(11-1-3-12(4-2-11)20(23)24)17-14(18-19)10-5-7-16-8-6-10/h1-8H,9H2,(H,21,22). The predicted octanol–water partition coefficient (Wildman–Crippen LogP) is 2.00. The molecule has 9 nitrogen and oxygen atoms in total. The summed E-state index contributed by atoms with van der Waals surface area (Å²) in [5, 5.41) is 24.0. The summed E-state index contributed by atoms with van der Waals surface area (Å²) >= 11 is 0.